The Morgan fingerprint density at radius 2 is 2.00 bits per heavy atom. The summed E-state index contributed by atoms with van der Waals surface area (Å²) in [5.74, 6) is -2.06. The number of allylic oxidation sites excluding steroid dienone is 4. The second-order valence-electron chi connectivity index (χ2n) is 9.92. The fourth-order valence-electron chi connectivity index (χ4n) is 4.27. The van der Waals surface area contributed by atoms with Gasteiger partial charge in [0.15, 0.2) is 5.79 Å². The van der Waals surface area contributed by atoms with Gasteiger partial charge in [0, 0.05) is 31.8 Å². The molecule has 2 N–H and O–H groups in total. The van der Waals surface area contributed by atoms with E-state index in [2.05, 4.69) is 13.0 Å². The van der Waals surface area contributed by atoms with Crippen molar-refractivity contribution in [2.75, 3.05) is 13.1 Å². The van der Waals surface area contributed by atoms with Crippen molar-refractivity contribution < 1.29 is 24.5 Å². The van der Waals surface area contributed by atoms with Crippen LogP contribution in [0.5, 0.6) is 0 Å². The van der Waals surface area contributed by atoms with Crippen LogP contribution in [0.25, 0.3) is 0 Å². The summed E-state index contributed by atoms with van der Waals surface area (Å²) in [6.45, 7) is 9.79. The van der Waals surface area contributed by atoms with E-state index in [9.17, 15) is 19.8 Å². The van der Waals surface area contributed by atoms with Gasteiger partial charge in [-0.05, 0) is 56.4 Å². The van der Waals surface area contributed by atoms with Gasteiger partial charge in [-0.15, -0.1) is 0 Å². The van der Waals surface area contributed by atoms with Crippen molar-refractivity contribution in [1.82, 2.24) is 4.90 Å². The molecule has 6 heteroatoms. The number of hydrogen-bond donors (Lipinski definition) is 2. The van der Waals surface area contributed by atoms with Gasteiger partial charge in [-0.2, -0.15) is 0 Å². The van der Waals surface area contributed by atoms with Gasteiger partial charge in [0.2, 0.25) is 5.91 Å². The van der Waals surface area contributed by atoms with E-state index in [1.165, 1.54) is 0 Å². The lowest BCUT2D eigenvalue weighted by Gasteiger charge is -2.27. The third kappa shape index (κ3) is 9.85. The predicted molar refractivity (Wildman–Crippen MR) is 130 cm³/mol. The Bertz CT molecular complexity index is 733. The lowest BCUT2D eigenvalue weighted by Crippen LogP contribution is -2.35. The lowest BCUT2D eigenvalue weighted by molar-refractivity contribution is -0.191. The lowest BCUT2D eigenvalue weighted by atomic mass is 9.92. The highest BCUT2D eigenvalue weighted by atomic mass is 16.6. The van der Waals surface area contributed by atoms with Crippen molar-refractivity contribution in [2.24, 2.45) is 17.8 Å². The molecule has 0 aliphatic carbocycles. The Morgan fingerprint density at radius 3 is 2.70 bits per heavy atom. The summed E-state index contributed by atoms with van der Waals surface area (Å²) < 4.78 is 5.68. The van der Waals surface area contributed by atoms with E-state index in [1.807, 2.05) is 56.4 Å². The summed E-state index contributed by atoms with van der Waals surface area (Å²) in [5.41, 5.74) is 0.878. The van der Waals surface area contributed by atoms with Crippen LogP contribution in [0, 0.1) is 24.2 Å². The molecular formula is C27H42NO5. The van der Waals surface area contributed by atoms with Gasteiger partial charge in [-0.25, -0.2) is 0 Å². The predicted octanol–water partition coefficient (Wildman–Crippen LogP) is 4.34. The summed E-state index contributed by atoms with van der Waals surface area (Å²) in [6, 6.07) is 0. The zero-order chi connectivity index (χ0) is 24.4. The molecular weight excluding hydrogens is 418 g/mol. The maximum atomic E-state index is 12.4. The summed E-state index contributed by atoms with van der Waals surface area (Å²) in [7, 11) is 0. The van der Waals surface area contributed by atoms with E-state index < -0.39 is 24.3 Å². The Balaban J connectivity index is 1.99. The van der Waals surface area contributed by atoms with Crippen LogP contribution < -0.4 is 0 Å². The average molecular weight is 461 g/mol. The number of nitrogens with zero attached hydrogens (tertiary/aromatic N) is 1. The number of carbonyl (C=O) groups excluding carboxylic acids is 2. The van der Waals surface area contributed by atoms with Crippen molar-refractivity contribution in [3.63, 3.8) is 0 Å². The number of carbonyl (C=O) groups is 2. The van der Waals surface area contributed by atoms with Crippen LogP contribution in [0.1, 0.15) is 72.6 Å². The third-order valence-corrected chi connectivity index (χ3v) is 6.54. The minimum absolute atomic E-state index is 0.0660. The van der Waals surface area contributed by atoms with Crippen LogP contribution in [0.4, 0.5) is 0 Å². The maximum absolute atomic E-state index is 12.4. The first-order valence-corrected chi connectivity index (χ1v) is 12.4. The summed E-state index contributed by atoms with van der Waals surface area (Å²) in [5, 5.41) is 20.3. The van der Waals surface area contributed by atoms with E-state index in [0.29, 0.717) is 12.8 Å². The molecule has 0 aromatic rings. The van der Waals surface area contributed by atoms with Gasteiger partial charge >= 0.3 is 5.97 Å². The van der Waals surface area contributed by atoms with Gasteiger partial charge < -0.3 is 19.8 Å². The molecule has 0 aromatic heterocycles. The minimum atomic E-state index is -2.06. The normalized spacial score (nSPS) is 28.3. The molecule has 1 fully saturated rings. The van der Waals surface area contributed by atoms with Crippen molar-refractivity contribution in [2.45, 2.75) is 84.5 Å². The van der Waals surface area contributed by atoms with Gasteiger partial charge in [0.25, 0.3) is 0 Å². The highest BCUT2D eigenvalue weighted by Crippen LogP contribution is 2.25. The molecule has 1 saturated heterocycles. The number of likely N-dealkylation sites (tertiary alicyclic amines) is 1. The van der Waals surface area contributed by atoms with Gasteiger partial charge in [0.05, 0.1) is 6.42 Å². The quantitative estimate of drug-likeness (QED) is 0.350. The van der Waals surface area contributed by atoms with Crippen molar-refractivity contribution in [3.05, 3.63) is 42.4 Å². The number of hydrogen-bond acceptors (Lipinski definition) is 5. The van der Waals surface area contributed by atoms with Crippen molar-refractivity contribution >= 4 is 11.9 Å². The number of rotatable bonds is 6. The first-order valence-electron chi connectivity index (χ1n) is 12.4. The SMILES string of the molecule is C/C(=C\C=C\[C@@H](C)CCC(=O)N1CCCC1)C1OC(=O)CC(O)(O)CCC(C)[CH]C=CC1C. The molecule has 2 aliphatic rings. The zero-order valence-electron chi connectivity index (χ0n) is 20.7. The molecule has 2 heterocycles. The Hall–Kier alpha value is -1.92. The van der Waals surface area contributed by atoms with Gasteiger partial charge in [0.1, 0.15) is 6.10 Å². The fourth-order valence-corrected chi connectivity index (χ4v) is 4.27. The second-order valence-corrected chi connectivity index (χ2v) is 9.92. The summed E-state index contributed by atoms with van der Waals surface area (Å²) in [4.78, 5) is 26.6. The number of ether oxygens (including phenoxy) is 1. The van der Waals surface area contributed by atoms with E-state index in [4.69, 9.17) is 4.74 Å². The molecule has 185 valence electrons. The molecule has 2 aliphatic heterocycles. The maximum Gasteiger partial charge on any atom is 0.311 e. The molecule has 0 bridgehead atoms. The second kappa shape index (κ2) is 13.1. The molecule has 0 spiro atoms. The van der Waals surface area contributed by atoms with Gasteiger partial charge in [-0.3, -0.25) is 9.59 Å². The molecule has 0 saturated carbocycles. The van der Waals surface area contributed by atoms with Crippen molar-refractivity contribution in [1.29, 1.82) is 0 Å². The summed E-state index contributed by atoms with van der Waals surface area (Å²) in [6.07, 6.45) is 15.3. The average Bonchev–Trinajstić information content (AvgIpc) is 3.28. The molecule has 0 aromatic carbocycles. The van der Waals surface area contributed by atoms with Crippen LogP contribution in [0.2, 0.25) is 0 Å². The highest BCUT2D eigenvalue weighted by molar-refractivity contribution is 5.76. The van der Waals surface area contributed by atoms with Gasteiger partial charge in [-0.1, -0.05) is 51.2 Å². The van der Waals surface area contributed by atoms with Crippen LogP contribution in [-0.2, 0) is 14.3 Å². The van der Waals surface area contributed by atoms with E-state index in [0.717, 1.165) is 37.9 Å². The Kier molecular flexibility index (Phi) is 10.8. The first-order chi connectivity index (χ1) is 15.6. The number of esters is 1. The largest absolute Gasteiger partial charge is 0.457 e. The third-order valence-electron chi connectivity index (χ3n) is 6.54. The topological polar surface area (TPSA) is 87.1 Å². The summed E-state index contributed by atoms with van der Waals surface area (Å²) >= 11 is 0. The van der Waals surface area contributed by atoms with Crippen molar-refractivity contribution in [3.8, 4) is 0 Å². The molecule has 1 radical (unpaired) electrons. The standard InChI is InChI=1S/C27H42NO5/c1-20(13-14-24(29)28-17-5-6-18-28)9-7-11-22(3)26-23(4)12-8-10-21(2)15-16-27(31,32)19-25(30)33-26/h7-12,20-21,23,26,31-32H,5-6,13-19H2,1-4H3/b9-7+,12-8?,22-11+/t20-,21?,23?,26?/m1/s1. The van der Waals surface area contributed by atoms with Crippen LogP contribution in [-0.4, -0.2) is 52.0 Å². The molecule has 33 heavy (non-hydrogen) atoms. The minimum Gasteiger partial charge on any atom is -0.457 e. The van der Waals surface area contributed by atoms with Crippen LogP contribution >= 0.6 is 0 Å². The highest BCUT2D eigenvalue weighted by Gasteiger charge is 2.31. The van der Waals surface area contributed by atoms with E-state index >= 15 is 0 Å². The molecule has 1 amide bonds. The van der Waals surface area contributed by atoms with E-state index in [1.54, 1.807) is 0 Å². The van der Waals surface area contributed by atoms with Crippen LogP contribution in [0.3, 0.4) is 0 Å². The van der Waals surface area contributed by atoms with Crippen LogP contribution in [0.15, 0.2) is 36.0 Å². The molecule has 6 nitrogen and oxygen atoms in total. The fraction of sp³-hybridized carbons (Fsp3) is 0.667. The number of amides is 1. The molecule has 2 rings (SSSR count). The monoisotopic (exact) mass is 460 g/mol. The molecule has 3 unspecified atom stereocenters. The zero-order valence-corrected chi connectivity index (χ0v) is 20.7. The number of cyclic esters (lactones) is 1. The number of aliphatic hydroxyl groups is 2. The molecule has 4 atom stereocenters. The smallest absolute Gasteiger partial charge is 0.311 e. The Morgan fingerprint density at radius 1 is 1.30 bits per heavy atom. The first kappa shape index (κ1) is 27.3. The van der Waals surface area contributed by atoms with E-state index in [-0.39, 0.29) is 30.1 Å². The Labute approximate surface area is 199 Å².